The molecule has 0 bridgehead atoms. The molecule has 1 amide bonds. The Morgan fingerprint density at radius 1 is 1.29 bits per heavy atom. The lowest BCUT2D eigenvalue weighted by molar-refractivity contribution is -0.140. The maximum absolute atomic E-state index is 11.8. The molecule has 1 aliphatic carbocycles. The van der Waals surface area contributed by atoms with E-state index in [1.807, 2.05) is 18.4 Å². The van der Waals surface area contributed by atoms with Gasteiger partial charge in [0.2, 0.25) is 0 Å². The Kier molecular flexibility index (Phi) is 3.11. The lowest BCUT2D eigenvalue weighted by Crippen LogP contribution is -2.43. The number of carbonyl (C=O) groups is 2. The van der Waals surface area contributed by atoms with Crippen LogP contribution in [0.2, 0.25) is 0 Å². The summed E-state index contributed by atoms with van der Waals surface area (Å²) >= 11 is 1.59. The first kappa shape index (κ1) is 12.0. The van der Waals surface area contributed by atoms with Gasteiger partial charge in [-0.3, -0.25) is 4.79 Å². The second-order valence-corrected chi connectivity index (χ2v) is 4.95. The van der Waals surface area contributed by atoms with Crippen LogP contribution < -0.4 is 5.32 Å². The molecule has 2 rings (SSSR count). The van der Waals surface area contributed by atoms with E-state index in [9.17, 15) is 9.59 Å². The van der Waals surface area contributed by atoms with Crippen molar-refractivity contribution in [2.75, 3.05) is 6.26 Å². The Labute approximate surface area is 103 Å². The molecule has 1 fully saturated rings. The second-order valence-electron chi connectivity index (χ2n) is 4.07. The molecular weight excluding hydrogens is 238 g/mol. The molecule has 0 unspecified atom stereocenters. The number of benzene rings is 1. The largest absolute Gasteiger partial charge is 0.480 e. The minimum Gasteiger partial charge on any atom is -0.480 e. The average molecular weight is 251 g/mol. The second kappa shape index (κ2) is 4.41. The van der Waals surface area contributed by atoms with Crippen molar-refractivity contribution in [1.82, 2.24) is 5.32 Å². The third-order valence-electron chi connectivity index (χ3n) is 2.86. The maximum atomic E-state index is 11.8. The summed E-state index contributed by atoms with van der Waals surface area (Å²) in [6.45, 7) is 0. The maximum Gasteiger partial charge on any atom is 0.329 e. The highest BCUT2D eigenvalue weighted by Gasteiger charge is 2.51. The molecule has 0 atom stereocenters. The van der Waals surface area contributed by atoms with Crippen molar-refractivity contribution in [1.29, 1.82) is 0 Å². The molecule has 1 aromatic carbocycles. The van der Waals surface area contributed by atoms with Gasteiger partial charge in [-0.05, 0) is 43.4 Å². The molecule has 4 nitrogen and oxygen atoms in total. The van der Waals surface area contributed by atoms with Gasteiger partial charge in [-0.15, -0.1) is 11.8 Å². The monoisotopic (exact) mass is 251 g/mol. The van der Waals surface area contributed by atoms with Crippen molar-refractivity contribution in [2.24, 2.45) is 0 Å². The van der Waals surface area contributed by atoms with E-state index in [-0.39, 0.29) is 5.91 Å². The third kappa shape index (κ3) is 2.44. The molecule has 0 spiro atoms. The molecule has 1 aromatic rings. The zero-order chi connectivity index (χ0) is 12.5. The molecule has 2 N–H and O–H groups in total. The van der Waals surface area contributed by atoms with Gasteiger partial charge in [0.25, 0.3) is 5.91 Å². The van der Waals surface area contributed by atoms with Crippen LogP contribution in [0.4, 0.5) is 0 Å². The summed E-state index contributed by atoms with van der Waals surface area (Å²) in [6, 6.07) is 7.11. The zero-order valence-corrected chi connectivity index (χ0v) is 10.2. The van der Waals surface area contributed by atoms with E-state index in [1.54, 1.807) is 23.9 Å². The van der Waals surface area contributed by atoms with Gasteiger partial charge in [0.05, 0.1) is 0 Å². The standard InChI is InChI=1S/C12H13NO3S/c1-17-9-4-2-8(3-5-9)10(14)13-12(6-7-12)11(15)16/h2-5H,6-7H2,1H3,(H,13,14)(H,15,16). The number of hydrogen-bond donors (Lipinski definition) is 2. The van der Waals surface area contributed by atoms with E-state index in [2.05, 4.69) is 5.32 Å². The molecule has 17 heavy (non-hydrogen) atoms. The molecule has 1 saturated carbocycles. The van der Waals surface area contributed by atoms with Gasteiger partial charge in [0.15, 0.2) is 0 Å². The van der Waals surface area contributed by atoms with Crippen LogP contribution in [-0.4, -0.2) is 28.8 Å². The first-order valence-electron chi connectivity index (χ1n) is 5.27. The highest BCUT2D eigenvalue weighted by Crippen LogP contribution is 2.35. The van der Waals surface area contributed by atoms with E-state index in [0.29, 0.717) is 18.4 Å². The zero-order valence-electron chi connectivity index (χ0n) is 9.40. The van der Waals surface area contributed by atoms with Crippen LogP contribution in [-0.2, 0) is 4.79 Å². The third-order valence-corrected chi connectivity index (χ3v) is 3.61. The molecule has 0 aromatic heterocycles. The molecule has 1 aliphatic rings. The minimum absolute atomic E-state index is 0.322. The van der Waals surface area contributed by atoms with E-state index in [4.69, 9.17) is 5.11 Å². The lowest BCUT2D eigenvalue weighted by Gasteiger charge is -2.12. The number of amides is 1. The molecular formula is C12H13NO3S. The van der Waals surface area contributed by atoms with Crippen LogP contribution in [0.5, 0.6) is 0 Å². The Hall–Kier alpha value is -1.49. The van der Waals surface area contributed by atoms with Gasteiger partial charge in [-0.1, -0.05) is 0 Å². The highest BCUT2D eigenvalue weighted by atomic mass is 32.2. The number of nitrogens with one attached hydrogen (secondary N) is 1. The Morgan fingerprint density at radius 3 is 2.29 bits per heavy atom. The molecule has 0 aliphatic heterocycles. The molecule has 0 heterocycles. The summed E-state index contributed by atoms with van der Waals surface area (Å²) in [6.07, 6.45) is 2.98. The SMILES string of the molecule is CSc1ccc(C(=O)NC2(C(=O)O)CC2)cc1. The number of thioether (sulfide) groups is 1. The van der Waals surface area contributed by atoms with Crippen molar-refractivity contribution in [3.8, 4) is 0 Å². The molecule has 5 heteroatoms. The van der Waals surface area contributed by atoms with Gasteiger partial charge in [-0.25, -0.2) is 4.79 Å². The lowest BCUT2D eigenvalue weighted by atomic mass is 10.2. The molecule has 0 saturated heterocycles. The summed E-state index contributed by atoms with van der Waals surface area (Å²) in [5, 5.41) is 11.5. The van der Waals surface area contributed by atoms with Crippen LogP contribution in [0.15, 0.2) is 29.2 Å². The fraction of sp³-hybridized carbons (Fsp3) is 0.333. The highest BCUT2D eigenvalue weighted by molar-refractivity contribution is 7.98. The van der Waals surface area contributed by atoms with Gasteiger partial charge in [-0.2, -0.15) is 0 Å². The quantitative estimate of drug-likeness (QED) is 0.800. The predicted octanol–water partition coefficient (Wildman–Crippen LogP) is 1.76. The van der Waals surface area contributed by atoms with Crippen molar-refractivity contribution in [3.63, 3.8) is 0 Å². The number of rotatable bonds is 4. The van der Waals surface area contributed by atoms with Crippen molar-refractivity contribution in [3.05, 3.63) is 29.8 Å². The fourth-order valence-corrected chi connectivity index (χ4v) is 1.96. The van der Waals surface area contributed by atoms with Crippen LogP contribution in [0.25, 0.3) is 0 Å². The first-order chi connectivity index (χ1) is 8.07. The number of aliphatic carboxylic acids is 1. The number of hydrogen-bond acceptors (Lipinski definition) is 3. The number of carboxylic acids is 1. The Bertz CT molecular complexity index is 451. The average Bonchev–Trinajstić information content (AvgIpc) is 3.10. The Balaban J connectivity index is 2.07. The minimum atomic E-state index is -1.02. The Morgan fingerprint density at radius 2 is 1.88 bits per heavy atom. The van der Waals surface area contributed by atoms with Gasteiger partial charge >= 0.3 is 5.97 Å². The van der Waals surface area contributed by atoms with Gasteiger partial charge in [0, 0.05) is 10.5 Å². The van der Waals surface area contributed by atoms with E-state index >= 15 is 0 Å². The molecule has 0 radical (unpaired) electrons. The normalized spacial score (nSPS) is 16.3. The van der Waals surface area contributed by atoms with E-state index < -0.39 is 11.5 Å². The summed E-state index contributed by atoms with van der Waals surface area (Å²) in [7, 11) is 0. The predicted molar refractivity (Wildman–Crippen MR) is 65.3 cm³/mol. The van der Waals surface area contributed by atoms with E-state index in [1.165, 1.54) is 0 Å². The summed E-state index contributed by atoms with van der Waals surface area (Å²) < 4.78 is 0. The van der Waals surface area contributed by atoms with Crippen LogP contribution >= 0.6 is 11.8 Å². The fourth-order valence-electron chi connectivity index (χ4n) is 1.55. The van der Waals surface area contributed by atoms with Crippen LogP contribution in [0, 0.1) is 0 Å². The van der Waals surface area contributed by atoms with Crippen molar-refractivity contribution < 1.29 is 14.7 Å². The summed E-state index contributed by atoms with van der Waals surface area (Å²) in [5.41, 5.74) is -0.523. The van der Waals surface area contributed by atoms with Gasteiger partial charge < -0.3 is 10.4 Å². The number of carbonyl (C=O) groups excluding carboxylic acids is 1. The van der Waals surface area contributed by atoms with Crippen molar-refractivity contribution in [2.45, 2.75) is 23.3 Å². The summed E-state index contributed by atoms with van der Waals surface area (Å²) in [4.78, 5) is 23.8. The molecule has 90 valence electrons. The van der Waals surface area contributed by atoms with Crippen molar-refractivity contribution >= 4 is 23.6 Å². The van der Waals surface area contributed by atoms with Crippen LogP contribution in [0.1, 0.15) is 23.2 Å². The topological polar surface area (TPSA) is 66.4 Å². The number of carboxylic acid groups (broad SMARTS) is 1. The smallest absolute Gasteiger partial charge is 0.329 e. The first-order valence-corrected chi connectivity index (χ1v) is 6.50. The summed E-state index contributed by atoms with van der Waals surface area (Å²) in [5.74, 6) is -1.27. The van der Waals surface area contributed by atoms with E-state index in [0.717, 1.165) is 4.90 Å². The van der Waals surface area contributed by atoms with Crippen LogP contribution in [0.3, 0.4) is 0 Å². The van der Waals surface area contributed by atoms with Gasteiger partial charge in [0.1, 0.15) is 5.54 Å².